The zero-order chi connectivity index (χ0) is 17.1. The lowest BCUT2D eigenvalue weighted by Crippen LogP contribution is -2.23. The van der Waals surface area contributed by atoms with Crippen LogP contribution in [0.4, 0.5) is 0 Å². The number of hydrogen-bond donors (Lipinski definition) is 1. The second-order valence-corrected chi connectivity index (χ2v) is 6.01. The molecule has 0 aliphatic rings. The zero-order valence-electron chi connectivity index (χ0n) is 14.2. The third-order valence-corrected chi connectivity index (χ3v) is 4.25. The minimum absolute atomic E-state index is 0.0762. The van der Waals surface area contributed by atoms with Crippen molar-refractivity contribution >= 4 is 5.91 Å². The molecule has 1 amide bonds. The van der Waals surface area contributed by atoms with Crippen LogP contribution in [0.1, 0.15) is 27.2 Å². The number of nitrogens with one attached hydrogen (secondary N) is 1. The van der Waals surface area contributed by atoms with Crippen LogP contribution in [0.5, 0.6) is 0 Å². The van der Waals surface area contributed by atoms with E-state index < -0.39 is 0 Å². The fourth-order valence-corrected chi connectivity index (χ4v) is 2.66. The first kappa shape index (κ1) is 16.0. The quantitative estimate of drug-likeness (QED) is 0.798. The minimum Gasteiger partial charge on any atom is -0.348 e. The van der Waals surface area contributed by atoms with Crippen LogP contribution < -0.4 is 5.32 Å². The Hall–Kier alpha value is -2.88. The lowest BCUT2D eigenvalue weighted by atomic mass is 10.0. The van der Waals surface area contributed by atoms with Crippen LogP contribution in [0.25, 0.3) is 11.1 Å². The van der Waals surface area contributed by atoms with Crippen molar-refractivity contribution in [3.63, 3.8) is 0 Å². The third kappa shape index (κ3) is 3.38. The number of carbonyl (C=O) groups excluding carboxylic acids is 1. The Balaban J connectivity index is 1.76. The number of amides is 1. The first-order chi connectivity index (χ1) is 11.5. The Labute approximate surface area is 142 Å². The highest BCUT2D eigenvalue weighted by molar-refractivity contribution is 5.95. The van der Waals surface area contributed by atoms with Gasteiger partial charge in [-0.25, -0.2) is 0 Å². The summed E-state index contributed by atoms with van der Waals surface area (Å²) in [4.78, 5) is 12.4. The lowest BCUT2D eigenvalue weighted by Gasteiger charge is -2.08. The molecule has 3 rings (SSSR count). The highest BCUT2D eigenvalue weighted by Crippen LogP contribution is 2.21. The van der Waals surface area contributed by atoms with Gasteiger partial charge >= 0.3 is 0 Å². The maximum absolute atomic E-state index is 12.4. The molecule has 1 heterocycles. The van der Waals surface area contributed by atoms with E-state index in [1.807, 2.05) is 44.3 Å². The fourth-order valence-electron chi connectivity index (χ4n) is 2.66. The first-order valence-electron chi connectivity index (χ1n) is 7.97. The molecule has 4 nitrogen and oxygen atoms in total. The Morgan fingerprint density at radius 1 is 1.08 bits per heavy atom. The first-order valence-corrected chi connectivity index (χ1v) is 7.97. The lowest BCUT2D eigenvalue weighted by molar-refractivity contribution is 0.0951. The molecule has 0 aliphatic carbocycles. The number of aromatic nitrogens is 2. The van der Waals surface area contributed by atoms with Crippen LogP contribution in [0.15, 0.2) is 54.7 Å². The van der Waals surface area contributed by atoms with Crippen molar-refractivity contribution in [1.82, 2.24) is 15.1 Å². The molecule has 4 heteroatoms. The van der Waals surface area contributed by atoms with Crippen LogP contribution in [0.2, 0.25) is 0 Å². The van der Waals surface area contributed by atoms with Crippen LogP contribution in [0.3, 0.4) is 0 Å². The van der Waals surface area contributed by atoms with Gasteiger partial charge in [0.2, 0.25) is 0 Å². The molecule has 1 N–H and O–H groups in total. The van der Waals surface area contributed by atoms with E-state index in [0.29, 0.717) is 12.1 Å². The SMILES string of the molecule is Cc1cccc(-c2cccc(C(=O)NCc3cnn(C)c3C)c2)c1. The molecule has 0 unspecified atom stereocenters. The van der Waals surface area contributed by atoms with Gasteiger partial charge in [0.15, 0.2) is 0 Å². The van der Waals surface area contributed by atoms with E-state index in [0.717, 1.165) is 22.4 Å². The predicted molar refractivity (Wildman–Crippen MR) is 95.7 cm³/mol. The summed E-state index contributed by atoms with van der Waals surface area (Å²) in [7, 11) is 1.89. The largest absolute Gasteiger partial charge is 0.348 e. The summed E-state index contributed by atoms with van der Waals surface area (Å²) in [6, 6.07) is 16.0. The van der Waals surface area contributed by atoms with E-state index in [9.17, 15) is 4.79 Å². The smallest absolute Gasteiger partial charge is 0.251 e. The van der Waals surface area contributed by atoms with Crippen molar-refractivity contribution in [2.24, 2.45) is 7.05 Å². The van der Waals surface area contributed by atoms with Crippen molar-refractivity contribution < 1.29 is 4.79 Å². The molecule has 2 aromatic carbocycles. The maximum atomic E-state index is 12.4. The molecule has 0 saturated heterocycles. The maximum Gasteiger partial charge on any atom is 0.251 e. The molecule has 0 aliphatic heterocycles. The standard InChI is InChI=1S/C20H21N3O/c1-14-6-4-7-16(10-14)17-8-5-9-18(11-17)20(24)21-12-19-13-22-23(3)15(19)2/h4-11,13H,12H2,1-3H3,(H,21,24). The molecule has 1 aromatic heterocycles. The second kappa shape index (κ2) is 6.71. The van der Waals surface area contributed by atoms with Crippen LogP contribution in [-0.2, 0) is 13.6 Å². The molecule has 24 heavy (non-hydrogen) atoms. The van der Waals surface area contributed by atoms with E-state index in [2.05, 4.69) is 35.5 Å². The molecule has 3 aromatic rings. The van der Waals surface area contributed by atoms with E-state index in [-0.39, 0.29) is 5.91 Å². The summed E-state index contributed by atoms with van der Waals surface area (Å²) in [5.41, 5.74) is 6.12. The molecular formula is C20H21N3O. The van der Waals surface area contributed by atoms with Gasteiger partial charge in [-0.2, -0.15) is 5.10 Å². The van der Waals surface area contributed by atoms with Gasteiger partial charge in [0.1, 0.15) is 0 Å². The molecular weight excluding hydrogens is 298 g/mol. The third-order valence-electron chi connectivity index (χ3n) is 4.25. The molecule has 0 bridgehead atoms. The Kier molecular flexibility index (Phi) is 4.47. The molecule has 0 atom stereocenters. The van der Waals surface area contributed by atoms with E-state index in [1.54, 1.807) is 10.9 Å². The van der Waals surface area contributed by atoms with E-state index in [1.165, 1.54) is 5.56 Å². The van der Waals surface area contributed by atoms with Gasteiger partial charge in [-0.15, -0.1) is 0 Å². The fraction of sp³-hybridized carbons (Fsp3) is 0.200. The summed E-state index contributed by atoms with van der Waals surface area (Å²) in [5.74, 6) is -0.0762. The average Bonchev–Trinajstić information content (AvgIpc) is 2.91. The molecule has 0 spiro atoms. The number of benzene rings is 2. The Bertz CT molecular complexity index is 880. The summed E-state index contributed by atoms with van der Waals surface area (Å²) in [6.07, 6.45) is 1.79. The van der Waals surface area contributed by atoms with Crippen molar-refractivity contribution in [3.05, 3.63) is 77.1 Å². The number of carbonyl (C=O) groups is 1. The highest BCUT2D eigenvalue weighted by Gasteiger charge is 2.09. The zero-order valence-corrected chi connectivity index (χ0v) is 14.2. The number of aryl methyl sites for hydroxylation is 2. The molecule has 0 radical (unpaired) electrons. The minimum atomic E-state index is -0.0762. The number of hydrogen-bond acceptors (Lipinski definition) is 2. The van der Waals surface area contributed by atoms with E-state index in [4.69, 9.17) is 0 Å². The van der Waals surface area contributed by atoms with Crippen LogP contribution in [0, 0.1) is 13.8 Å². The van der Waals surface area contributed by atoms with Crippen molar-refractivity contribution in [1.29, 1.82) is 0 Å². The summed E-state index contributed by atoms with van der Waals surface area (Å²) < 4.78 is 1.81. The highest BCUT2D eigenvalue weighted by atomic mass is 16.1. The monoisotopic (exact) mass is 319 g/mol. The summed E-state index contributed by atoms with van der Waals surface area (Å²) in [6.45, 7) is 4.54. The second-order valence-electron chi connectivity index (χ2n) is 6.01. The van der Waals surface area contributed by atoms with Crippen molar-refractivity contribution in [2.45, 2.75) is 20.4 Å². The van der Waals surface area contributed by atoms with Crippen molar-refractivity contribution in [2.75, 3.05) is 0 Å². The van der Waals surface area contributed by atoms with Crippen LogP contribution in [-0.4, -0.2) is 15.7 Å². The Morgan fingerprint density at radius 3 is 2.46 bits per heavy atom. The average molecular weight is 319 g/mol. The molecule has 0 fully saturated rings. The van der Waals surface area contributed by atoms with Gasteiger partial charge in [0, 0.05) is 30.4 Å². The number of nitrogens with zero attached hydrogens (tertiary/aromatic N) is 2. The number of rotatable bonds is 4. The topological polar surface area (TPSA) is 46.9 Å². The summed E-state index contributed by atoms with van der Waals surface area (Å²) >= 11 is 0. The van der Waals surface area contributed by atoms with Gasteiger partial charge in [0.25, 0.3) is 5.91 Å². The van der Waals surface area contributed by atoms with Gasteiger partial charge in [-0.05, 0) is 37.1 Å². The Morgan fingerprint density at radius 2 is 1.79 bits per heavy atom. The van der Waals surface area contributed by atoms with Crippen LogP contribution >= 0.6 is 0 Å². The van der Waals surface area contributed by atoms with Crippen molar-refractivity contribution in [3.8, 4) is 11.1 Å². The normalized spacial score (nSPS) is 10.6. The van der Waals surface area contributed by atoms with Gasteiger partial charge in [0.05, 0.1) is 6.20 Å². The molecule has 0 saturated carbocycles. The van der Waals surface area contributed by atoms with E-state index >= 15 is 0 Å². The van der Waals surface area contributed by atoms with Gasteiger partial charge < -0.3 is 5.32 Å². The predicted octanol–water partition coefficient (Wildman–Crippen LogP) is 3.63. The summed E-state index contributed by atoms with van der Waals surface area (Å²) in [5, 5.41) is 7.16. The van der Waals surface area contributed by atoms with Gasteiger partial charge in [-0.1, -0.05) is 42.0 Å². The molecule has 122 valence electrons. The van der Waals surface area contributed by atoms with Gasteiger partial charge in [-0.3, -0.25) is 9.48 Å².